The summed E-state index contributed by atoms with van der Waals surface area (Å²) in [6.07, 6.45) is 0. The maximum Gasteiger partial charge on any atom is 0.265 e. The van der Waals surface area contributed by atoms with Crippen LogP contribution in [0.3, 0.4) is 0 Å². The molecule has 6 nitrogen and oxygen atoms in total. The number of carbonyl (C=O) groups excluding carboxylic acids is 2. The zero-order chi connectivity index (χ0) is 20.4. The largest absolute Gasteiger partial charge is 0.326 e. The van der Waals surface area contributed by atoms with Crippen LogP contribution in [0.15, 0.2) is 60.7 Å². The fourth-order valence-electron chi connectivity index (χ4n) is 3.16. The van der Waals surface area contributed by atoms with Gasteiger partial charge >= 0.3 is 0 Å². The van der Waals surface area contributed by atoms with Crippen molar-refractivity contribution in [2.24, 2.45) is 0 Å². The summed E-state index contributed by atoms with van der Waals surface area (Å²) in [5.74, 6) is -0.340. The molecular weight excluding hydrogens is 384 g/mol. The molecule has 2 aromatic heterocycles. The van der Waals surface area contributed by atoms with Gasteiger partial charge in [0, 0.05) is 23.7 Å². The highest BCUT2D eigenvalue weighted by molar-refractivity contribution is 7.20. The zero-order valence-electron chi connectivity index (χ0n) is 16.1. The number of carbonyl (C=O) groups is 2. The lowest BCUT2D eigenvalue weighted by Crippen LogP contribution is -2.11. The van der Waals surface area contributed by atoms with E-state index in [1.807, 2.05) is 35.9 Å². The predicted octanol–water partition coefficient (Wildman–Crippen LogP) is 4.67. The molecule has 0 fully saturated rings. The van der Waals surface area contributed by atoms with E-state index in [9.17, 15) is 9.59 Å². The van der Waals surface area contributed by atoms with Crippen molar-refractivity contribution in [3.05, 3.63) is 76.8 Å². The van der Waals surface area contributed by atoms with E-state index in [4.69, 9.17) is 0 Å². The van der Waals surface area contributed by atoms with Gasteiger partial charge in [-0.25, -0.2) is 0 Å². The Kier molecular flexibility index (Phi) is 5.14. The quantitative estimate of drug-likeness (QED) is 0.508. The highest BCUT2D eigenvalue weighted by Gasteiger charge is 2.17. The topological polar surface area (TPSA) is 76.0 Å². The van der Waals surface area contributed by atoms with Crippen LogP contribution < -0.4 is 10.6 Å². The Morgan fingerprint density at radius 3 is 2.45 bits per heavy atom. The summed E-state index contributed by atoms with van der Waals surface area (Å²) < 4.78 is 1.94. The number of rotatable bonds is 5. The SMILES string of the molecule is CC(=O)Nc1cccc(NC(=O)c2cc3c(C)nn(Cc4ccccc4)c3s2)c1. The summed E-state index contributed by atoms with van der Waals surface area (Å²) >= 11 is 1.42. The Morgan fingerprint density at radius 1 is 1.00 bits per heavy atom. The van der Waals surface area contributed by atoms with E-state index in [-0.39, 0.29) is 11.8 Å². The van der Waals surface area contributed by atoms with Gasteiger partial charge in [0.2, 0.25) is 5.91 Å². The second kappa shape index (κ2) is 7.89. The zero-order valence-corrected chi connectivity index (χ0v) is 16.9. The first-order chi connectivity index (χ1) is 14.0. The summed E-state index contributed by atoms with van der Waals surface area (Å²) in [4.78, 5) is 25.6. The minimum atomic E-state index is -0.183. The van der Waals surface area contributed by atoms with Gasteiger partial charge in [-0.3, -0.25) is 14.3 Å². The molecule has 0 saturated carbocycles. The molecule has 0 aliphatic carbocycles. The fourth-order valence-corrected chi connectivity index (χ4v) is 4.21. The maximum atomic E-state index is 12.8. The summed E-state index contributed by atoms with van der Waals surface area (Å²) in [6, 6.07) is 19.1. The van der Waals surface area contributed by atoms with Gasteiger partial charge in [0.05, 0.1) is 17.1 Å². The monoisotopic (exact) mass is 404 g/mol. The minimum absolute atomic E-state index is 0.156. The number of nitrogens with one attached hydrogen (secondary N) is 2. The van der Waals surface area contributed by atoms with Crippen LogP contribution in [0.25, 0.3) is 10.2 Å². The van der Waals surface area contributed by atoms with Gasteiger partial charge in [0.1, 0.15) is 4.83 Å². The molecule has 2 aromatic carbocycles. The van der Waals surface area contributed by atoms with E-state index in [0.29, 0.717) is 22.8 Å². The Bertz CT molecular complexity index is 1190. The van der Waals surface area contributed by atoms with Crippen LogP contribution in [0, 0.1) is 6.92 Å². The van der Waals surface area contributed by atoms with Crippen molar-refractivity contribution in [2.75, 3.05) is 10.6 Å². The first-order valence-electron chi connectivity index (χ1n) is 9.19. The Labute approximate surface area is 172 Å². The first-order valence-corrected chi connectivity index (χ1v) is 10.0. The van der Waals surface area contributed by atoms with Gasteiger partial charge < -0.3 is 10.6 Å². The normalized spacial score (nSPS) is 10.8. The Balaban J connectivity index is 1.57. The van der Waals surface area contributed by atoms with E-state index < -0.39 is 0 Å². The van der Waals surface area contributed by atoms with Crippen molar-refractivity contribution in [3.63, 3.8) is 0 Å². The average Bonchev–Trinajstić information content (AvgIpc) is 3.24. The molecule has 0 radical (unpaired) electrons. The molecule has 0 aliphatic rings. The highest BCUT2D eigenvalue weighted by Crippen LogP contribution is 2.29. The Hall–Kier alpha value is -3.45. The molecule has 0 unspecified atom stereocenters. The van der Waals surface area contributed by atoms with Crippen LogP contribution in [0.2, 0.25) is 0 Å². The van der Waals surface area contributed by atoms with Crippen LogP contribution in [0.1, 0.15) is 27.9 Å². The molecule has 4 aromatic rings. The van der Waals surface area contributed by atoms with Gasteiger partial charge in [0.15, 0.2) is 0 Å². The average molecular weight is 404 g/mol. The van der Waals surface area contributed by atoms with E-state index in [0.717, 1.165) is 21.5 Å². The van der Waals surface area contributed by atoms with E-state index in [1.165, 1.54) is 18.3 Å². The van der Waals surface area contributed by atoms with Crippen LogP contribution in [0.5, 0.6) is 0 Å². The number of benzene rings is 2. The fraction of sp³-hybridized carbons (Fsp3) is 0.136. The number of hydrogen-bond acceptors (Lipinski definition) is 4. The number of nitrogens with zero attached hydrogens (tertiary/aromatic N) is 2. The van der Waals surface area contributed by atoms with Crippen molar-refractivity contribution >= 4 is 44.7 Å². The number of fused-ring (bicyclic) bond motifs is 1. The number of anilines is 2. The third-order valence-corrected chi connectivity index (χ3v) is 5.59. The lowest BCUT2D eigenvalue weighted by atomic mass is 10.2. The molecule has 0 atom stereocenters. The number of amides is 2. The molecule has 0 spiro atoms. The van der Waals surface area contributed by atoms with Gasteiger partial charge in [-0.2, -0.15) is 5.10 Å². The van der Waals surface area contributed by atoms with Crippen molar-refractivity contribution in [1.29, 1.82) is 0 Å². The van der Waals surface area contributed by atoms with E-state index in [1.54, 1.807) is 24.3 Å². The van der Waals surface area contributed by atoms with Crippen molar-refractivity contribution < 1.29 is 9.59 Å². The van der Waals surface area contributed by atoms with Crippen LogP contribution >= 0.6 is 11.3 Å². The smallest absolute Gasteiger partial charge is 0.265 e. The lowest BCUT2D eigenvalue weighted by molar-refractivity contribution is -0.114. The number of hydrogen-bond donors (Lipinski definition) is 2. The molecule has 2 amide bonds. The molecule has 0 aliphatic heterocycles. The third-order valence-electron chi connectivity index (χ3n) is 4.45. The maximum absolute atomic E-state index is 12.8. The number of aryl methyl sites for hydroxylation is 1. The molecule has 146 valence electrons. The first kappa shape index (κ1) is 18.9. The van der Waals surface area contributed by atoms with Crippen molar-refractivity contribution in [2.45, 2.75) is 20.4 Å². The molecule has 4 rings (SSSR count). The van der Waals surface area contributed by atoms with Crippen LogP contribution in [-0.4, -0.2) is 21.6 Å². The number of thiophene rings is 1. The second-order valence-electron chi connectivity index (χ2n) is 6.77. The highest BCUT2D eigenvalue weighted by atomic mass is 32.1. The minimum Gasteiger partial charge on any atom is -0.326 e. The molecular formula is C22H20N4O2S. The lowest BCUT2D eigenvalue weighted by Gasteiger charge is -2.07. The molecule has 29 heavy (non-hydrogen) atoms. The van der Waals surface area contributed by atoms with Crippen LogP contribution in [-0.2, 0) is 11.3 Å². The summed E-state index contributed by atoms with van der Waals surface area (Å²) in [7, 11) is 0. The van der Waals surface area contributed by atoms with Gasteiger partial charge in [-0.05, 0) is 36.8 Å². The molecule has 7 heteroatoms. The van der Waals surface area contributed by atoms with E-state index >= 15 is 0 Å². The standard InChI is InChI=1S/C22H20N4O2S/c1-14-19-12-20(21(28)24-18-10-6-9-17(11-18)23-15(2)27)29-22(19)26(25-14)13-16-7-4-3-5-8-16/h3-12H,13H2,1-2H3,(H,23,27)(H,24,28). The van der Waals surface area contributed by atoms with Gasteiger partial charge in [-0.1, -0.05) is 36.4 Å². The third kappa shape index (κ3) is 4.20. The molecule has 0 saturated heterocycles. The molecule has 2 N–H and O–H groups in total. The second-order valence-corrected chi connectivity index (χ2v) is 7.80. The summed E-state index contributed by atoms with van der Waals surface area (Å²) in [6.45, 7) is 4.06. The van der Waals surface area contributed by atoms with Crippen molar-refractivity contribution in [1.82, 2.24) is 9.78 Å². The summed E-state index contributed by atoms with van der Waals surface area (Å²) in [5, 5.41) is 11.2. The Morgan fingerprint density at radius 2 is 1.72 bits per heavy atom. The van der Waals surface area contributed by atoms with E-state index in [2.05, 4.69) is 27.9 Å². The number of aromatic nitrogens is 2. The summed E-state index contributed by atoms with van der Waals surface area (Å²) in [5.41, 5.74) is 3.33. The molecule has 0 bridgehead atoms. The van der Waals surface area contributed by atoms with Crippen molar-refractivity contribution in [3.8, 4) is 0 Å². The predicted molar refractivity (Wildman–Crippen MR) is 117 cm³/mol. The van der Waals surface area contributed by atoms with Crippen LogP contribution in [0.4, 0.5) is 11.4 Å². The molecule has 2 heterocycles. The van der Waals surface area contributed by atoms with Gasteiger partial charge in [-0.15, -0.1) is 11.3 Å². The van der Waals surface area contributed by atoms with Gasteiger partial charge in [0.25, 0.3) is 5.91 Å².